The Bertz CT molecular complexity index is 417. The third-order valence-corrected chi connectivity index (χ3v) is 3.04. The van der Waals surface area contributed by atoms with Crippen molar-refractivity contribution in [3.8, 4) is 0 Å². The second kappa shape index (κ2) is 3.84. The van der Waals surface area contributed by atoms with Crippen LogP contribution in [0.4, 0.5) is 0 Å². The van der Waals surface area contributed by atoms with Crippen LogP contribution in [-0.4, -0.2) is 0 Å². The van der Waals surface area contributed by atoms with Crippen molar-refractivity contribution < 1.29 is 0 Å². The molecule has 1 nitrogen and oxygen atoms in total. The third-order valence-electron chi connectivity index (χ3n) is 2.79. The van der Waals surface area contributed by atoms with E-state index in [9.17, 15) is 0 Å². The lowest BCUT2D eigenvalue weighted by Gasteiger charge is -2.28. The summed E-state index contributed by atoms with van der Waals surface area (Å²) >= 11 is 5.85. The molecular formula is C13H14ClN. The molecule has 78 valence electrons. The number of hydrogen-bond acceptors (Lipinski definition) is 1. The van der Waals surface area contributed by atoms with E-state index in [2.05, 4.69) is 25.2 Å². The number of rotatable bonds is 1. The van der Waals surface area contributed by atoms with Gasteiger partial charge >= 0.3 is 0 Å². The van der Waals surface area contributed by atoms with E-state index in [1.807, 2.05) is 24.3 Å². The van der Waals surface area contributed by atoms with Crippen LogP contribution in [-0.2, 0) is 5.54 Å². The van der Waals surface area contributed by atoms with Crippen LogP contribution in [0.25, 0.3) is 0 Å². The molecule has 0 aromatic heterocycles. The maximum atomic E-state index is 6.32. The van der Waals surface area contributed by atoms with Gasteiger partial charge in [-0.05, 0) is 31.0 Å². The van der Waals surface area contributed by atoms with E-state index in [-0.39, 0.29) is 5.54 Å². The first-order valence-electron chi connectivity index (χ1n) is 5.01. The van der Waals surface area contributed by atoms with Crippen molar-refractivity contribution in [2.75, 3.05) is 0 Å². The minimum Gasteiger partial charge on any atom is -0.318 e. The molecule has 0 amide bonds. The van der Waals surface area contributed by atoms with Gasteiger partial charge in [0.25, 0.3) is 0 Å². The van der Waals surface area contributed by atoms with Gasteiger partial charge in [0.15, 0.2) is 0 Å². The molecule has 2 N–H and O–H groups in total. The van der Waals surface area contributed by atoms with Gasteiger partial charge < -0.3 is 5.73 Å². The molecule has 0 aliphatic heterocycles. The van der Waals surface area contributed by atoms with Gasteiger partial charge in [-0.25, -0.2) is 0 Å². The number of hydrogen-bond donors (Lipinski definition) is 1. The summed E-state index contributed by atoms with van der Waals surface area (Å²) in [5.41, 5.74) is 8.32. The summed E-state index contributed by atoms with van der Waals surface area (Å²) in [7, 11) is 0. The van der Waals surface area contributed by atoms with Gasteiger partial charge in [-0.15, -0.1) is 0 Å². The zero-order chi connectivity index (χ0) is 10.9. The first-order valence-corrected chi connectivity index (χ1v) is 5.39. The van der Waals surface area contributed by atoms with Gasteiger partial charge in [0.05, 0.1) is 5.54 Å². The second-order valence-corrected chi connectivity index (χ2v) is 4.47. The Kier molecular flexibility index (Phi) is 2.68. The molecule has 1 unspecified atom stereocenters. The van der Waals surface area contributed by atoms with E-state index >= 15 is 0 Å². The minimum absolute atomic E-state index is 0.371. The van der Waals surface area contributed by atoms with Crippen LogP contribution in [0.5, 0.6) is 0 Å². The highest BCUT2D eigenvalue weighted by molar-refractivity contribution is 6.30. The Morgan fingerprint density at radius 2 is 1.93 bits per heavy atom. The van der Waals surface area contributed by atoms with Crippen molar-refractivity contribution in [2.45, 2.75) is 18.9 Å². The lowest BCUT2D eigenvalue weighted by Crippen LogP contribution is -2.34. The van der Waals surface area contributed by atoms with Gasteiger partial charge in [0.2, 0.25) is 0 Å². The Hall–Kier alpha value is -1.05. The molecule has 0 bridgehead atoms. The fourth-order valence-electron chi connectivity index (χ4n) is 1.72. The Labute approximate surface area is 95.2 Å². The fraction of sp³-hybridized carbons (Fsp3) is 0.231. The molecular weight excluding hydrogens is 206 g/mol. The zero-order valence-electron chi connectivity index (χ0n) is 8.70. The number of benzene rings is 1. The summed E-state index contributed by atoms with van der Waals surface area (Å²) < 4.78 is 0. The van der Waals surface area contributed by atoms with Crippen LogP contribution >= 0.6 is 11.6 Å². The summed E-state index contributed by atoms with van der Waals surface area (Å²) in [5.74, 6) is 0. The van der Waals surface area contributed by atoms with Gasteiger partial charge in [-0.2, -0.15) is 0 Å². The summed E-state index contributed by atoms with van der Waals surface area (Å²) in [6.45, 7) is 2.08. The molecule has 2 rings (SSSR count). The predicted octanol–water partition coefficient (Wildman–Crippen LogP) is 3.40. The van der Waals surface area contributed by atoms with Crippen molar-refractivity contribution in [1.82, 2.24) is 0 Å². The molecule has 0 spiro atoms. The van der Waals surface area contributed by atoms with Crippen LogP contribution < -0.4 is 5.73 Å². The highest BCUT2D eigenvalue weighted by Gasteiger charge is 2.24. The molecule has 0 saturated heterocycles. The standard InChI is InChI=1S/C13H14ClN/c1-10-6-8-13(15,9-7-10)11-2-4-12(14)5-3-11/h2-8H,9,15H2,1H3. The molecule has 1 aliphatic carbocycles. The number of allylic oxidation sites excluding steroid dienone is 2. The fourth-order valence-corrected chi connectivity index (χ4v) is 1.85. The normalized spacial score (nSPS) is 25.1. The Morgan fingerprint density at radius 1 is 1.27 bits per heavy atom. The SMILES string of the molecule is CC1=CCC(N)(c2ccc(Cl)cc2)C=C1. The van der Waals surface area contributed by atoms with E-state index in [0.717, 1.165) is 17.0 Å². The number of halogens is 1. The molecule has 0 fully saturated rings. The monoisotopic (exact) mass is 219 g/mol. The van der Waals surface area contributed by atoms with E-state index in [0.29, 0.717) is 0 Å². The second-order valence-electron chi connectivity index (χ2n) is 4.03. The first kappa shape index (κ1) is 10.5. The lowest BCUT2D eigenvalue weighted by molar-refractivity contribution is 0.562. The van der Waals surface area contributed by atoms with Crippen molar-refractivity contribution >= 4 is 11.6 Å². The third kappa shape index (κ3) is 2.14. The van der Waals surface area contributed by atoms with Crippen molar-refractivity contribution in [3.05, 3.63) is 58.7 Å². The Balaban J connectivity index is 2.32. The van der Waals surface area contributed by atoms with Crippen molar-refractivity contribution in [2.24, 2.45) is 5.73 Å². The summed E-state index contributed by atoms with van der Waals surface area (Å²) in [6.07, 6.45) is 7.13. The topological polar surface area (TPSA) is 26.0 Å². The van der Waals surface area contributed by atoms with E-state index in [4.69, 9.17) is 17.3 Å². The number of nitrogens with two attached hydrogens (primary N) is 1. The van der Waals surface area contributed by atoms with Gasteiger partial charge in [-0.3, -0.25) is 0 Å². The minimum atomic E-state index is -0.371. The molecule has 1 aromatic carbocycles. The van der Waals surface area contributed by atoms with Crippen LogP contribution in [0.2, 0.25) is 5.02 Å². The zero-order valence-corrected chi connectivity index (χ0v) is 9.46. The maximum absolute atomic E-state index is 6.32. The molecule has 1 aliphatic rings. The van der Waals surface area contributed by atoms with Crippen LogP contribution in [0, 0.1) is 0 Å². The molecule has 1 aromatic rings. The van der Waals surface area contributed by atoms with E-state index < -0.39 is 0 Å². The molecule has 2 heteroatoms. The van der Waals surface area contributed by atoms with Crippen molar-refractivity contribution in [1.29, 1.82) is 0 Å². The quantitative estimate of drug-likeness (QED) is 0.770. The first-order chi connectivity index (χ1) is 7.10. The Morgan fingerprint density at radius 3 is 2.47 bits per heavy atom. The predicted molar refractivity (Wildman–Crippen MR) is 64.8 cm³/mol. The highest BCUT2D eigenvalue weighted by Crippen LogP contribution is 2.29. The van der Waals surface area contributed by atoms with Crippen LogP contribution in [0.3, 0.4) is 0 Å². The summed E-state index contributed by atoms with van der Waals surface area (Å²) in [4.78, 5) is 0. The van der Waals surface area contributed by atoms with Crippen molar-refractivity contribution in [3.63, 3.8) is 0 Å². The van der Waals surface area contributed by atoms with Crippen LogP contribution in [0.1, 0.15) is 18.9 Å². The molecule has 1 atom stereocenters. The highest BCUT2D eigenvalue weighted by atomic mass is 35.5. The molecule has 15 heavy (non-hydrogen) atoms. The van der Waals surface area contributed by atoms with Gasteiger partial charge in [0, 0.05) is 5.02 Å². The van der Waals surface area contributed by atoms with E-state index in [1.165, 1.54) is 5.57 Å². The molecule has 0 radical (unpaired) electrons. The van der Waals surface area contributed by atoms with Gasteiger partial charge in [0.1, 0.15) is 0 Å². The lowest BCUT2D eigenvalue weighted by atomic mass is 9.83. The molecule has 0 saturated carbocycles. The largest absolute Gasteiger partial charge is 0.318 e. The average molecular weight is 220 g/mol. The van der Waals surface area contributed by atoms with Crippen LogP contribution in [0.15, 0.2) is 48.1 Å². The summed E-state index contributed by atoms with van der Waals surface area (Å²) in [6, 6.07) is 7.73. The maximum Gasteiger partial charge on any atom is 0.0633 e. The van der Waals surface area contributed by atoms with Gasteiger partial charge in [-0.1, -0.05) is 47.5 Å². The van der Waals surface area contributed by atoms with E-state index in [1.54, 1.807) is 0 Å². The average Bonchev–Trinajstić information content (AvgIpc) is 2.24. The smallest absolute Gasteiger partial charge is 0.0633 e. The molecule has 0 heterocycles. The summed E-state index contributed by atoms with van der Waals surface area (Å²) in [5, 5.41) is 0.744.